The highest BCUT2D eigenvalue weighted by Gasteiger charge is 2.41. The van der Waals surface area contributed by atoms with Gasteiger partial charge in [0.25, 0.3) is 0 Å². The summed E-state index contributed by atoms with van der Waals surface area (Å²) in [5.74, 6) is -0.196. The van der Waals surface area contributed by atoms with E-state index in [1.807, 2.05) is 50.2 Å². The fourth-order valence-corrected chi connectivity index (χ4v) is 8.18. The van der Waals surface area contributed by atoms with Crippen molar-refractivity contribution >= 4 is 54.5 Å². The minimum atomic E-state index is -0.782. The quantitative estimate of drug-likeness (QED) is 0.233. The van der Waals surface area contributed by atoms with E-state index in [0.29, 0.717) is 23.8 Å². The summed E-state index contributed by atoms with van der Waals surface area (Å²) in [5, 5.41) is 10.9. The average Bonchev–Trinajstić information content (AvgIpc) is 3.58. The molecule has 0 radical (unpaired) electrons. The van der Waals surface area contributed by atoms with Crippen LogP contribution in [0.4, 0.5) is 8.78 Å². The van der Waals surface area contributed by atoms with Crippen molar-refractivity contribution in [1.82, 2.24) is 14.8 Å². The Morgan fingerprint density at radius 3 is 2.41 bits per heavy atom. The predicted octanol–water partition coefficient (Wildman–Crippen LogP) is 8.06. The molecule has 1 N–H and O–H groups in total. The molecule has 1 saturated carbocycles. The largest absolute Gasteiger partial charge is 0.480 e. The number of benzene rings is 2. The normalized spacial score (nSPS) is 21.4. The molecule has 244 valence electrons. The SMILES string of the molecule is CC(C)[C@H](C(=O)O)N(C)C1CC(CN2CCC(c3cnc(Cc4ccccc4F)s3)CC2)C(c2cccc(F)c2)C1.Cl.Cl.Cl. The van der Waals surface area contributed by atoms with Crippen LogP contribution in [0.2, 0.25) is 0 Å². The lowest BCUT2D eigenvalue weighted by Crippen LogP contribution is -2.47. The summed E-state index contributed by atoms with van der Waals surface area (Å²) in [6.07, 6.45) is 6.35. The number of aromatic nitrogens is 1. The molecule has 0 amide bonds. The molecule has 3 aromatic rings. The third-order valence-corrected chi connectivity index (χ3v) is 10.4. The number of rotatable bonds is 10. The summed E-state index contributed by atoms with van der Waals surface area (Å²) in [4.78, 5) is 22.5. The standard InChI is InChI=1S/C33H41F2N3O2S.3ClH/c1-21(2)32(33(39)40)37(3)27-16-25(28(18-27)23-8-6-9-26(34)15-23)20-38-13-11-22(12-14-38)30-19-36-31(41-30)17-24-7-4-5-10-29(24)35;;;/h4-10,15,19,21-22,25,27-28,32H,11-14,16-18,20H2,1-3H3,(H,39,40);3*1H/t25?,27?,28?,32-;;;/m1.../s1. The van der Waals surface area contributed by atoms with Gasteiger partial charge in [0.1, 0.15) is 17.7 Å². The Hall–Kier alpha value is -1.81. The zero-order chi connectivity index (χ0) is 29.1. The number of aliphatic carboxylic acids is 1. The minimum absolute atomic E-state index is 0. The van der Waals surface area contributed by atoms with Crippen LogP contribution in [0.5, 0.6) is 0 Å². The Labute approximate surface area is 282 Å². The molecule has 1 saturated heterocycles. The number of carboxylic acid groups (broad SMARTS) is 1. The van der Waals surface area contributed by atoms with Crippen molar-refractivity contribution in [2.24, 2.45) is 11.8 Å². The van der Waals surface area contributed by atoms with E-state index < -0.39 is 12.0 Å². The number of nitrogens with zero attached hydrogens (tertiary/aromatic N) is 3. The number of carbonyl (C=O) groups is 1. The highest BCUT2D eigenvalue weighted by molar-refractivity contribution is 7.11. The van der Waals surface area contributed by atoms with Crippen LogP contribution in [0.15, 0.2) is 54.7 Å². The first-order valence-electron chi connectivity index (χ1n) is 14.8. The molecular formula is C33H44Cl3F2N3O2S. The van der Waals surface area contributed by atoms with Gasteiger partial charge in [0, 0.05) is 30.1 Å². The van der Waals surface area contributed by atoms with Gasteiger partial charge in [-0.15, -0.1) is 48.6 Å². The zero-order valence-corrected chi connectivity index (χ0v) is 28.7. The molecule has 2 heterocycles. The fourth-order valence-electron chi connectivity index (χ4n) is 7.06. The molecule has 5 nitrogen and oxygen atoms in total. The van der Waals surface area contributed by atoms with Crippen molar-refractivity contribution in [2.75, 3.05) is 26.7 Å². The number of carboxylic acids is 1. The maximum absolute atomic E-state index is 14.2. The maximum atomic E-state index is 14.2. The lowest BCUT2D eigenvalue weighted by Gasteiger charge is -2.35. The van der Waals surface area contributed by atoms with Crippen molar-refractivity contribution in [3.05, 3.63) is 87.4 Å². The average molecular weight is 691 g/mol. The van der Waals surface area contributed by atoms with Crippen LogP contribution in [-0.2, 0) is 11.2 Å². The van der Waals surface area contributed by atoms with Gasteiger partial charge in [-0.1, -0.05) is 44.2 Å². The molecular weight excluding hydrogens is 647 g/mol. The minimum Gasteiger partial charge on any atom is -0.480 e. The van der Waals surface area contributed by atoms with Gasteiger partial charge in [-0.3, -0.25) is 9.69 Å². The van der Waals surface area contributed by atoms with E-state index in [9.17, 15) is 18.7 Å². The molecule has 1 aliphatic heterocycles. The monoisotopic (exact) mass is 689 g/mol. The summed E-state index contributed by atoms with van der Waals surface area (Å²) < 4.78 is 28.3. The van der Waals surface area contributed by atoms with E-state index in [2.05, 4.69) is 9.88 Å². The van der Waals surface area contributed by atoms with Crippen molar-refractivity contribution in [3.8, 4) is 0 Å². The molecule has 44 heavy (non-hydrogen) atoms. The van der Waals surface area contributed by atoms with Crippen molar-refractivity contribution in [1.29, 1.82) is 0 Å². The van der Waals surface area contributed by atoms with Crippen LogP contribution < -0.4 is 0 Å². The van der Waals surface area contributed by atoms with E-state index in [1.165, 1.54) is 17.0 Å². The van der Waals surface area contributed by atoms with Gasteiger partial charge >= 0.3 is 5.97 Å². The first-order chi connectivity index (χ1) is 19.7. The summed E-state index contributed by atoms with van der Waals surface area (Å²) >= 11 is 1.70. The smallest absolute Gasteiger partial charge is 0.321 e. The highest BCUT2D eigenvalue weighted by atomic mass is 35.5. The summed E-state index contributed by atoms with van der Waals surface area (Å²) in [5.41, 5.74) is 1.70. The van der Waals surface area contributed by atoms with Gasteiger partial charge < -0.3 is 10.0 Å². The lowest BCUT2D eigenvalue weighted by molar-refractivity contribution is -0.145. The first-order valence-corrected chi connectivity index (χ1v) is 15.6. The number of thiazole rings is 1. The maximum Gasteiger partial charge on any atom is 0.321 e. The number of halogens is 5. The van der Waals surface area contributed by atoms with Gasteiger partial charge in [0.15, 0.2) is 0 Å². The van der Waals surface area contributed by atoms with Crippen molar-refractivity contribution in [2.45, 2.75) is 69.9 Å². The van der Waals surface area contributed by atoms with Gasteiger partial charge in [-0.2, -0.15) is 0 Å². The second-order valence-corrected chi connectivity index (χ2v) is 13.4. The molecule has 1 aliphatic carbocycles. The molecule has 2 aliphatic rings. The number of hydrogen-bond acceptors (Lipinski definition) is 5. The van der Waals surface area contributed by atoms with E-state index in [0.717, 1.165) is 55.9 Å². The molecule has 3 unspecified atom stereocenters. The Morgan fingerprint density at radius 2 is 1.77 bits per heavy atom. The molecule has 2 fully saturated rings. The van der Waals surface area contributed by atoms with Crippen LogP contribution in [0.1, 0.15) is 72.4 Å². The molecule has 1 aromatic heterocycles. The van der Waals surface area contributed by atoms with Crippen molar-refractivity contribution in [3.63, 3.8) is 0 Å². The summed E-state index contributed by atoms with van der Waals surface area (Å²) in [6, 6.07) is 13.4. The van der Waals surface area contributed by atoms with E-state index in [-0.39, 0.29) is 66.7 Å². The van der Waals surface area contributed by atoms with Crippen LogP contribution in [0.3, 0.4) is 0 Å². The fraction of sp³-hybridized carbons (Fsp3) is 0.515. The Morgan fingerprint density at radius 1 is 1.07 bits per heavy atom. The number of hydrogen-bond donors (Lipinski definition) is 1. The number of likely N-dealkylation sites (N-methyl/N-ethyl adjacent to an activating group) is 1. The number of piperidine rings is 1. The predicted molar refractivity (Wildman–Crippen MR) is 181 cm³/mol. The van der Waals surface area contributed by atoms with E-state index in [4.69, 9.17) is 0 Å². The summed E-state index contributed by atoms with van der Waals surface area (Å²) in [7, 11) is 1.94. The molecule has 11 heteroatoms. The number of likely N-dealkylation sites (tertiary alicyclic amines) is 1. The van der Waals surface area contributed by atoms with Gasteiger partial charge in [-0.05, 0) is 98.8 Å². The first kappa shape index (κ1) is 38.4. The zero-order valence-electron chi connectivity index (χ0n) is 25.4. The highest BCUT2D eigenvalue weighted by Crippen LogP contribution is 2.44. The van der Waals surface area contributed by atoms with E-state index >= 15 is 0 Å². The van der Waals surface area contributed by atoms with Crippen LogP contribution in [0, 0.1) is 23.5 Å². The second kappa shape index (κ2) is 17.2. The van der Waals surface area contributed by atoms with Crippen molar-refractivity contribution < 1.29 is 18.7 Å². The Bertz CT molecular complexity index is 1340. The molecule has 5 rings (SSSR count). The third-order valence-electron chi connectivity index (χ3n) is 9.20. The molecule has 2 aromatic carbocycles. The van der Waals surface area contributed by atoms with Crippen LogP contribution in [-0.4, -0.2) is 64.6 Å². The van der Waals surface area contributed by atoms with E-state index in [1.54, 1.807) is 29.5 Å². The molecule has 4 atom stereocenters. The van der Waals surface area contributed by atoms with Gasteiger partial charge in [-0.25, -0.2) is 13.8 Å². The third kappa shape index (κ3) is 9.14. The molecule has 0 bridgehead atoms. The Balaban J connectivity index is 0.00000225. The topological polar surface area (TPSA) is 56.7 Å². The van der Waals surface area contributed by atoms with Gasteiger partial charge in [0.05, 0.1) is 5.01 Å². The van der Waals surface area contributed by atoms with Crippen LogP contribution >= 0.6 is 48.6 Å². The van der Waals surface area contributed by atoms with Gasteiger partial charge in [0.2, 0.25) is 0 Å². The summed E-state index contributed by atoms with van der Waals surface area (Å²) in [6.45, 7) is 6.83. The van der Waals surface area contributed by atoms with Crippen LogP contribution in [0.25, 0.3) is 0 Å². The molecule has 0 spiro atoms. The second-order valence-electron chi connectivity index (χ2n) is 12.2. The Kier molecular flexibility index (Phi) is 15.0. The lowest BCUT2D eigenvalue weighted by atomic mass is 9.87.